The van der Waals surface area contributed by atoms with Crippen LogP contribution in [0.25, 0.3) is 21.9 Å². The fraction of sp³-hybridized carbons (Fsp3) is 0.0500. The lowest BCUT2D eigenvalue weighted by Crippen LogP contribution is -2.11. The number of benzene rings is 3. The third-order valence-corrected chi connectivity index (χ3v) is 4.11. The molecule has 0 fully saturated rings. The van der Waals surface area contributed by atoms with E-state index in [2.05, 4.69) is 0 Å². The van der Waals surface area contributed by atoms with Crippen LogP contribution in [-0.4, -0.2) is 12.4 Å². The Morgan fingerprint density at radius 1 is 0.958 bits per heavy atom. The molecule has 24 heavy (non-hydrogen) atoms. The van der Waals surface area contributed by atoms with Gasteiger partial charge in [-0.2, -0.15) is 0 Å². The van der Waals surface area contributed by atoms with Crippen LogP contribution in [0.15, 0.2) is 71.1 Å². The molecule has 0 aliphatic carbocycles. The summed E-state index contributed by atoms with van der Waals surface area (Å²) >= 11 is 6.02. The van der Waals surface area contributed by atoms with E-state index in [1.165, 1.54) is 0 Å². The number of hydrogen-bond donors (Lipinski definition) is 0. The average molecular weight is 337 g/mol. The van der Waals surface area contributed by atoms with E-state index in [4.69, 9.17) is 20.8 Å². The summed E-state index contributed by atoms with van der Waals surface area (Å²) < 4.78 is 11.6. The molecule has 0 N–H and O–H groups in total. The molecule has 1 aromatic heterocycles. The monoisotopic (exact) mass is 336 g/mol. The lowest BCUT2D eigenvalue weighted by atomic mass is 10.1. The standard InChI is InChI=1S/C20H13ClO3/c21-14-9-10-15-19(11-14)24-18-8-4-7-17(20(15)18)23-12-16(22)13-5-2-1-3-6-13/h1-11H,12H2. The van der Waals surface area contributed by atoms with E-state index in [1.54, 1.807) is 18.2 Å². The van der Waals surface area contributed by atoms with Crippen LogP contribution in [0.3, 0.4) is 0 Å². The molecular weight excluding hydrogens is 324 g/mol. The van der Waals surface area contributed by atoms with Crippen LogP contribution in [-0.2, 0) is 0 Å². The lowest BCUT2D eigenvalue weighted by Gasteiger charge is -2.07. The minimum absolute atomic E-state index is 0.0244. The fourth-order valence-electron chi connectivity index (χ4n) is 2.74. The number of ether oxygens (including phenoxy) is 1. The van der Waals surface area contributed by atoms with Gasteiger partial charge in [-0.25, -0.2) is 0 Å². The summed E-state index contributed by atoms with van der Waals surface area (Å²) in [6, 6.07) is 20.1. The number of hydrogen-bond acceptors (Lipinski definition) is 3. The van der Waals surface area contributed by atoms with Gasteiger partial charge in [-0.3, -0.25) is 4.79 Å². The summed E-state index contributed by atoms with van der Waals surface area (Å²) in [6.07, 6.45) is 0. The third-order valence-electron chi connectivity index (χ3n) is 3.88. The molecule has 0 aliphatic rings. The van der Waals surface area contributed by atoms with E-state index in [0.717, 1.165) is 10.8 Å². The maximum atomic E-state index is 12.2. The molecule has 0 unspecified atom stereocenters. The maximum absolute atomic E-state index is 12.2. The van der Waals surface area contributed by atoms with Crippen molar-refractivity contribution in [3.8, 4) is 5.75 Å². The van der Waals surface area contributed by atoms with Gasteiger partial charge in [-0.1, -0.05) is 48.0 Å². The number of rotatable bonds is 4. The molecule has 0 aliphatic heterocycles. The number of Topliss-reactive ketones (excluding diaryl/α,β-unsaturated/α-hetero) is 1. The van der Waals surface area contributed by atoms with Crippen molar-refractivity contribution in [1.82, 2.24) is 0 Å². The predicted octanol–water partition coefficient (Wildman–Crippen LogP) is 5.50. The second kappa shape index (κ2) is 6.02. The molecule has 0 radical (unpaired) electrons. The van der Waals surface area contributed by atoms with Crippen molar-refractivity contribution in [1.29, 1.82) is 0 Å². The van der Waals surface area contributed by atoms with Gasteiger partial charge in [0.1, 0.15) is 16.9 Å². The van der Waals surface area contributed by atoms with Crippen LogP contribution in [0.4, 0.5) is 0 Å². The molecule has 3 nitrogen and oxygen atoms in total. The Morgan fingerprint density at radius 3 is 2.62 bits per heavy atom. The lowest BCUT2D eigenvalue weighted by molar-refractivity contribution is 0.0922. The largest absolute Gasteiger partial charge is 0.485 e. The Kier molecular flexibility index (Phi) is 3.71. The van der Waals surface area contributed by atoms with Gasteiger partial charge in [0.25, 0.3) is 0 Å². The number of carbonyl (C=O) groups is 1. The summed E-state index contributed by atoms with van der Waals surface area (Å²) in [5.41, 5.74) is 2.04. The molecule has 118 valence electrons. The molecule has 0 spiro atoms. The van der Waals surface area contributed by atoms with Gasteiger partial charge >= 0.3 is 0 Å². The van der Waals surface area contributed by atoms with E-state index in [-0.39, 0.29) is 12.4 Å². The molecule has 4 rings (SSSR count). The van der Waals surface area contributed by atoms with Gasteiger partial charge in [0, 0.05) is 22.0 Å². The zero-order valence-corrected chi connectivity index (χ0v) is 13.4. The summed E-state index contributed by atoms with van der Waals surface area (Å²) in [7, 11) is 0. The van der Waals surface area contributed by atoms with Crippen LogP contribution in [0, 0.1) is 0 Å². The van der Waals surface area contributed by atoms with Crippen LogP contribution in [0.2, 0.25) is 5.02 Å². The molecule has 0 amide bonds. The van der Waals surface area contributed by atoms with Crippen LogP contribution < -0.4 is 4.74 Å². The van der Waals surface area contributed by atoms with Gasteiger partial charge in [0.05, 0.1) is 5.39 Å². The molecule has 4 aromatic rings. The third kappa shape index (κ3) is 2.63. The van der Waals surface area contributed by atoms with Crippen molar-refractivity contribution < 1.29 is 13.9 Å². The number of furan rings is 1. The van der Waals surface area contributed by atoms with Gasteiger partial charge in [-0.15, -0.1) is 0 Å². The second-order valence-corrected chi connectivity index (χ2v) is 5.89. The summed E-state index contributed by atoms with van der Waals surface area (Å²) in [5.74, 6) is 0.557. The highest BCUT2D eigenvalue weighted by Crippen LogP contribution is 2.36. The number of fused-ring (bicyclic) bond motifs is 3. The van der Waals surface area contributed by atoms with E-state index in [0.29, 0.717) is 27.5 Å². The zero-order chi connectivity index (χ0) is 16.5. The van der Waals surface area contributed by atoms with Crippen molar-refractivity contribution in [2.45, 2.75) is 0 Å². The minimum Gasteiger partial charge on any atom is -0.485 e. The normalized spacial score (nSPS) is 11.0. The molecular formula is C20H13ClO3. The Morgan fingerprint density at radius 2 is 1.79 bits per heavy atom. The molecule has 4 heteroatoms. The Labute approximate surface area is 143 Å². The van der Waals surface area contributed by atoms with E-state index < -0.39 is 0 Å². The quantitative estimate of drug-likeness (QED) is 0.462. The first-order valence-electron chi connectivity index (χ1n) is 7.54. The molecule has 0 atom stereocenters. The topological polar surface area (TPSA) is 39.4 Å². The summed E-state index contributed by atoms with van der Waals surface area (Å²) in [5, 5.41) is 2.38. The van der Waals surface area contributed by atoms with Crippen LogP contribution >= 0.6 is 11.6 Å². The smallest absolute Gasteiger partial charge is 0.200 e. The number of halogens is 1. The minimum atomic E-state index is -0.0663. The summed E-state index contributed by atoms with van der Waals surface area (Å²) in [4.78, 5) is 12.2. The number of carbonyl (C=O) groups excluding carboxylic acids is 1. The van der Waals surface area contributed by atoms with E-state index in [1.807, 2.05) is 48.5 Å². The van der Waals surface area contributed by atoms with Crippen LogP contribution in [0.1, 0.15) is 10.4 Å². The Bertz CT molecular complexity index is 1030. The van der Waals surface area contributed by atoms with Gasteiger partial charge in [0.15, 0.2) is 12.4 Å². The fourth-order valence-corrected chi connectivity index (χ4v) is 2.90. The zero-order valence-electron chi connectivity index (χ0n) is 12.7. The summed E-state index contributed by atoms with van der Waals surface area (Å²) in [6.45, 7) is -0.0244. The predicted molar refractivity (Wildman–Crippen MR) is 95.0 cm³/mol. The van der Waals surface area contributed by atoms with E-state index >= 15 is 0 Å². The second-order valence-electron chi connectivity index (χ2n) is 5.45. The average Bonchev–Trinajstić information content (AvgIpc) is 2.98. The highest BCUT2D eigenvalue weighted by atomic mass is 35.5. The van der Waals surface area contributed by atoms with E-state index in [9.17, 15) is 4.79 Å². The highest BCUT2D eigenvalue weighted by molar-refractivity contribution is 6.31. The van der Waals surface area contributed by atoms with Gasteiger partial charge in [-0.05, 0) is 24.3 Å². The van der Waals surface area contributed by atoms with Crippen LogP contribution in [0.5, 0.6) is 5.75 Å². The molecule has 0 saturated heterocycles. The SMILES string of the molecule is O=C(COc1cccc2oc3cc(Cl)ccc3c12)c1ccccc1. The van der Waals surface area contributed by atoms with Crippen molar-refractivity contribution in [3.63, 3.8) is 0 Å². The Hall–Kier alpha value is -2.78. The first-order valence-corrected chi connectivity index (χ1v) is 7.92. The van der Waals surface area contributed by atoms with Crippen molar-refractivity contribution >= 4 is 39.3 Å². The van der Waals surface area contributed by atoms with Crippen molar-refractivity contribution in [2.24, 2.45) is 0 Å². The molecule has 1 heterocycles. The van der Waals surface area contributed by atoms with Crippen molar-refractivity contribution in [2.75, 3.05) is 6.61 Å². The first kappa shape index (κ1) is 14.8. The molecule has 0 bridgehead atoms. The maximum Gasteiger partial charge on any atom is 0.200 e. The Balaban J connectivity index is 1.69. The van der Waals surface area contributed by atoms with Gasteiger partial charge < -0.3 is 9.15 Å². The first-order chi connectivity index (χ1) is 11.7. The molecule has 3 aromatic carbocycles. The highest BCUT2D eigenvalue weighted by Gasteiger charge is 2.14. The molecule has 0 saturated carbocycles. The number of ketones is 1. The van der Waals surface area contributed by atoms with Crippen molar-refractivity contribution in [3.05, 3.63) is 77.3 Å². The van der Waals surface area contributed by atoms with Gasteiger partial charge in [0.2, 0.25) is 0 Å².